The number of hydrogen-bond donors (Lipinski definition) is 0. The third-order valence-electron chi connectivity index (χ3n) is 9.99. The summed E-state index contributed by atoms with van der Waals surface area (Å²) in [7, 11) is 0. The van der Waals surface area contributed by atoms with E-state index in [4.69, 9.17) is 19.9 Å². The molecule has 238 valence electrons. The highest BCUT2D eigenvalue weighted by molar-refractivity contribution is 6.15. The minimum absolute atomic E-state index is 0.623. The molecule has 0 aliphatic carbocycles. The van der Waals surface area contributed by atoms with E-state index in [1.807, 2.05) is 6.20 Å². The number of benzene rings is 8. The summed E-state index contributed by atoms with van der Waals surface area (Å²) < 4.78 is 0. The number of pyridine rings is 1. The van der Waals surface area contributed by atoms with Crippen molar-refractivity contribution in [2.24, 2.45) is 0 Å². The largest absolute Gasteiger partial charge is 0.256 e. The Labute approximate surface area is 294 Å². The smallest absolute Gasteiger partial charge is 0.164 e. The number of aromatic nitrogens is 4. The molecule has 0 unspecified atom stereocenters. The van der Waals surface area contributed by atoms with Gasteiger partial charge in [0.2, 0.25) is 0 Å². The van der Waals surface area contributed by atoms with Crippen molar-refractivity contribution in [3.63, 3.8) is 0 Å². The Morgan fingerprint density at radius 3 is 1.55 bits per heavy atom. The molecule has 0 saturated heterocycles. The first kappa shape index (κ1) is 29.2. The molecule has 10 aromatic rings. The van der Waals surface area contributed by atoms with Gasteiger partial charge in [-0.2, -0.15) is 0 Å². The lowest BCUT2D eigenvalue weighted by Gasteiger charge is -2.14. The van der Waals surface area contributed by atoms with Gasteiger partial charge in [-0.25, -0.2) is 15.0 Å². The van der Waals surface area contributed by atoms with Crippen LogP contribution >= 0.6 is 0 Å². The van der Waals surface area contributed by atoms with Gasteiger partial charge in [0.1, 0.15) is 0 Å². The van der Waals surface area contributed by atoms with Crippen molar-refractivity contribution in [1.82, 2.24) is 19.9 Å². The van der Waals surface area contributed by atoms with Crippen LogP contribution in [0.1, 0.15) is 5.56 Å². The van der Waals surface area contributed by atoms with Crippen LogP contribution in [-0.2, 0) is 0 Å². The number of nitrogens with zero attached hydrogens (tertiary/aromatic N) is 4. The van der Waals surface area contributed by atoms with Crippen LogP contribution in [0.25, 0.3) is 99.3 Å². The molecule has 0 aliphatic heterocycles. The first-order chi connectivity index (χ1) is 25.2. The highest BCUT2D eigenvalue weighted by atomic mass is 15.0. The van der Waals surface area contributed by atoms with Crippen molar-refractivity contribution >= 4 is 53.9 Å². The van der Waals surface area contributed by atoms with Crippen LogP contribution in [0.2, 0.25) is 0 Å². The first-order valence-corrected chi connectivity index (χ1v) is 17.2. The molecule has 4 nitrogen and oxygen atoms in total. The lowest BCUT2D eigenvalue weighted by atomic mass is 9.95. The maximum absolute atomic E-state index is 5.30. The van der Waals surface area contributed by atoms with E-state index in [-0.39, 0.29) is 0 Å². The topological polar surface area (TPSA) is 51.6 Å². The maximum Gasteiger partial charge on any atom is 0.164 e. The molecular formula is C47H30N4. The van der Waals surface area contributed by atoms with Crippen molar-refractivity contribution in [1.29, 1.82) is 0 Å². The molecule has 0 saturated carbocycles. The van der Waals surface area contributed by atoms with Gasteiger partial charge in [0.25, 0.3) is 0 Å². The molecule has 0 aliphatic rings. The molecule has 0 N–H and O–H groups in total. The maximum atomic E-state index is 5.30. The SMILES string of the molecule is Cc1ccc2c(-c3nc(-c4ccc(-c5nccc6ccccc56)cc4)nc(-c4cc5ccccc5c5ccccc45)n3)cc3ccccc3c2c1. The summed E-state index contributed by atoms with van der Waals surface area (Å²) >= 11 is 0. The van der Waals surface area contributed by atoms with Crippen LogP contribution in [0, 0.1) is 6.92 Å². The van der Waals surface area contributed by atoms with E-state index in [0.29, 0.717) is 17.5 Å². The van der Waals surface area contributed by atoms with Gasteiger partial charge in [0.15, 0.2) is 17.5 Å². The molecular weight excluding hydrogens is 621 g/mol. The van der Waals surface area contributed by atoms with E-state index in [9.17, 15) is 0 Å². The Kier molecular flexibility index (Phi) is 6.68. The second-order valence-corrected chi connectivity index (χ2v) is 13.1. The van der Waals surface area contributed by atoms with Crippen molar-refractivity contribution in [2.45, 2.75) is 6.92 Å². The van der Waals surface area contributed by atoms with Gasteiger partial charge in [-0.3, -0.25) is 4.98 Å². The summed E-state index contributed by atoms with van der Waals surface area (Å²) in [5, 5.41) is 11.6. The number of rotatable bonds is 4. The third-order valence-corrected chi connectivity index (χ3v) is 9.99. The lowest BCUT2D eigenvalue weighted by Crippen LogP contribution is -2.01. The van der Waals surface area contributed by atoms with Crippen molar-refractivity contribution in [3.8, 4) is 45.4 Å². The van der Waals surface area contributed by atoms with Gasteiger partial charge < -0.3 is 0 Å². The predicted octanol–water partition coefficient (Wildman–Crippen LogP) is 12.0. The minimum Gasteiger partial charge on any atom is -0.256 e. The highest BCUT2D eigenvalue weighted by Gasteiger charge is 2.18. The number of fused-ring (bicyclic) bond motifs is 7. The fourth-order valence-corrected chi connectivity index (χ4v) is 7.51. The summed E-state index contributed by atoms with van der Waals surface area (Å²) in [6.45, 7) is 2.14. The Morgan fingerprint density at radius 1 is 0.353 bits per heavy atom. The van der Waals surface area contributed by atoms with Crippen LogP contribution in [0.3, 0.4) is 0 Å². The number of aryl methyl sites for hydroxylation is 1. The van der Waals surface area contributed by atoms with E-state index in [2.05, 4.69) is 165 Å². The quantitative estimate of drug-likeness (QED) is 0.178. The molecule has 0 amide bonds. The Bertz CT molecular complexity index is 2980. The molecule has 0 radical (unpaired) electrons. The molecule has 0 fully saturated rings. The molecule has 10 rings (SSSR count). The zero-order chi connectivity index (χ0) is 33.9. The number of hydrogen-bond acceptors (Lipinski definition) is 4. The molecule has 0 bridgehead atoms. The summed E-state index contributed by atoms with van der Waals surface area (Å²) in [5.74, 6) is 1.91. The summed E-state index contributed by atoms with van der Waals surface area (Å²) in [4.78, 5) is 20.5. The Hall–Kier alpha value is -6.78. The summed E-state index contributed by atoms with van der Waals surface area (Å²) in [6, 6.07) is 55.5. The monoisotopic (exact) mass is 650 g/mol. The second kappa shape index (κ2) is 11.7. The molecule has 51 heavy (non-hydrogen) atoms. The van der Waals surface area contributed by atoms with E-state index in [1.54, 1.807) is 0 Å². The minimum atomic E-state index is 0.623. The highest BCUT2D eigenvalue weighted by Crippen LogP contribution is 2.38. The first-order valence-electron chi connectivity index (χ1n) is 17.2. The summed E-state index contributed by atoms with van der Waals surface area (Å²) in [5.41, 5.74) is 6.08. The zero-order valence-electron chi connectivity index (χ0n) is 27.9. The van der Waals surface area contributed by atoms with E-state index in [1.165, 1.54) is 32.5 Å². The summed E-state index contributed by atoms with van der Waals surface area (Å²) in [6.07, 6.45) is 1.87. The fourth-order valence-electron chi connectivity index (χ4n) is 7.51. The molecule has 4 heteroatoms. The lowest BCUT2D eigenvalue weighted by molar-refractivity contribution is 1.08. The van der Waals surface area contributed by atoms with Crippen LogP contribution < -0.4 is 0 Å². The van der Waals surface area contributed by atoms with Crippen LogP contribution in [0.4, 0.5) is 0 Å². The van der Waals surface area contributed by atoms with Crippen molar-refractivity contribution in [3.05, 3.63) is 169 Å². The fraction of sp³-hybridized carbons (Fsp3) is 0.0213. The van der Waals surface area contributed by atoms with E-state index >= 15 is 0 Å². The third kappa shape index (κ3) is 4.92. The van der Waals surface area contributed by atoms with Gasteiger partial charge in [0, 0.05) is 33.8 Å². The van der Waals surface area contributed by atoms with Gasteiger partial charge in [-0.15, -0.1) is 0 Å². The zero-order valence-corrected chi connectivity index (χ0v) is 27.9. The van der Waals surface area contributed by atoms with Crippen LogP contribution in [0.5, 0.6) is 0 Å². The molecule has 0 atom stereocenters. The van der Waals surface area contributed by atoms with Gasteiger partial charge in [-0.1, -0.05) is 145 Å². The normalized spacial score (nSPS) is 11.6. The molecule has 2 aromatic heterocycles. The standard InChI is InChI=1S/C47H30N4/c1-29-18-23-40-41(26-29)36-14-6-4-12-34(36)28-43(40)47-50-45(32-21-19-31(20-22-32)44-37-15-7-2-10-30(37)24-25-48-44)49-46(51-47)42-27-33-11-3-5-13-35(33)38-16-8-9-17-39(38)42/h2-28H,1H3. The molecule has 0 spiro atoms. The average Bonchev–Trinajstić information content (AvgIpc) is 3.20. The Morgan fingerprint density at radius 2 is 0.863 bits per heavy atom. The van der Waals surface area contributed by atoms with E-state index < -0.39 is 0 Å². The van der Waals surface area contributed by atoms with Crippen LogP contribution in [0.15, 0.2) is 164 Å². The molecule has 8 aromatic carbocycles. The van der Waals surface area contributed by atoms with Crippen LogP contribution in [-0.4, -0.2) is 19.9 Å². The second-order valence-electron chi connectivity index (χ2n) is 13.1. The van der Waals surface area contributed by atoms with Crippen molar-refractivity contribution in [2.75, 3.05) is 0 Å². The average molecular weight is 651 g/mol. The van der Waals surface area contributed by atoms with E-state index in [0.717, 1.165) is 54.9 Å². The van der Waals surface area contributed by atoms with Gasteiger partial charge in [-0.05, 0) is 73.6 Å². The molecule has 2 heterocycles. The van der Waals surface area contributed by atoms with Gasteiger partial charge >= 0.3 is 0 Å². The Balaban J connectivity index is 1.23. The predicted molar refractivity (Wildman–Crippen MR) is 212 cm³/mol. The van der Waals surface area contributed by atoms with Crippen molar-refractivity contribution < 1.29 is 0 Å². The van der Waals surface area contributed by atoms with Gasteiger partial charge in [0.05, 0.1) is 5.69 Å².